The molecule has 2 heterocycles. The van der Waals surface area contributed by atoms with Gasteiger partial charge in [0.15, 0.2) is 0 Å². The normalized spacial score (nSPS) is 26.5. The number of ether oxygens (including phenoxy) is 1. The number of fused-ring (bicyclic) bond motifs is 1. The highest BCUT2D eigenvalue weighted by atomic mass is 35.5. The fourth-order valence-corrected chi connectivity index (χ4v) is 2.91. The molecule has 0 saturated carbocycles. The summed E-state index contributed by atoms with van der Waals surface area (Å²) in [4.78, 5) is 26.3. The molecule has 0 bridgehead atoms. The largest absolute Gasteiger partial charge is 0.377 e. The minimum absolute atomic E-state index is 0.0179. The molecular formula is C15H16ClFN2O3. The summed E-state index contributed by atoms with van der Waals surface area (Å²) in [5.41, 5.74) is -2.51. The van der Waals surface area contributed by atoms with E-state index in [0.717, 1.165) is 0 Å². The summed E-state index contributed by atoms with van der Waals surface area (Å²) < 4.78 is 19.9. The van der Waals surface area contributed by atoms with Crippen molar-refractivity contribution in [3.8, 4) is 0 Å². The predicted molar refractivity (Wildman–Crippen MR) is 80.9 cm³/mol. The van der Waals surface area contributed by atoms with Crippen molar-refractivity contribution in [2.24, 2.45) is 0 Å². The number of amides is 2. The second-order valence-electron chi connectivity index (χ2n) is 6.08. The Hall–Kier alpha value is -1.66. The van der Waals surface area contributed by atoms with Crippen molar-refractivity contribution < 1.29 is 18.7 Å². The van der Waals surface area contributed by atoms with Gasteiger partial charge in [0.2, 0.25) is 11.6 Å². The molecule has 1 unspecified atom stereocenters. The lowest BCUT2D eigenvalue weighted by molar-refractivity contribution is -0.134. The van der Waals surface area contributed by atoms with Crippen LogP contribution in [-0.4, -0.2) is 36.2 Å². The van der Waals surface area contributed by atoms with Crippen LogP contribution in [0, 0.1) is 0 Å². The van der Waals surface area contributed by atoms with E-state index in [2.05, 4.69) is 5.32 Å². The lowest BCUT2D eigenvalue weighted by Gasteiger charge is -2.43. The van der Waals surface area contributed by atoms with Crippen LogP contribution < -0.4 is 10.2 Å². The highest BCUT2D eigenvalue weighted by Crippen LogP contribution is 2.41. The van der Waals surface area contributed by atoms with Crippen molar-refractivity contribution in [2.75, 3.05) is 23.4 Å². The third kappa shape index (κ3) is 2.18. The highest BCUT2D eigenvalue weighted by molar-refractivity contribution is 6.31. The van der Waals surface area contributed by atoms with Crippen LogP contribution in [0.25, 0.3) is 0 Å². The molecule has 1 N–H and O–H groups in total. The molecule has 2 aliphatic heterocycles. The van der Waals surface area contributed by atoms with Crippen molar-refractivity contribution in [2.45, 2.75) is 31.5 Å². The summed E-state index contributed by atoms with van der Waals surface area (Å²) in [5.74, 6) is -1.15. The number of carbonyl (C=O) groups excluding carboxylic acids is 2. The molecule has 0 aromatic heterocycles. The van der Waals surface area contributed by atoms with Crippen molar-refractivity contribution >= 4 is 34.8 Å². The molecule has 1 aromatic rings. The first kappa shape index (κ1) is 15.2. The fraction of sp³-hybridized carbons (Fsp3) is 0.467. The zero-order valence-electron chi connectivity index (χ0n) is 12.3. The maximum Gasteiger partial charge on any atom is 0.268 e. The van der Waals surface area contributed by atoms with Gasteiger partial charge in [0.1, 0.15) is 5.54 Å². The number of benzene rings is 1. The van der Waals surface area contributed by atoms with Crippen LogP contribution in [0.4, 0.5) is 15.8 Å². The zero-order chi connectivity index (χ0) is 16.1. The van der Waals surface area contributed by atoms with E-state index in [-0.39, 0.29) is 25.5 Å². The van der Waals surface area contributed by atoms with Crippen LogP contribution in [0.3, 0.4) is 0 Å². The first-order valence-electron chi connectivity index (χ1n) is 6.98. The van der Waals surface area contributed by atoms with Gasteiger partial charge in [0, 0.05) is 11.4 Å². The molecule has 7 heteroatoms. The molecule has 1 atom stereocenters. The first-order chi connectivity index (χ1) is 10.3. The Morgan fingerprint density at radius 1 is 1.45 bits per heavy atom. The Bertz CT molecular complexity index is 656. The van der Waals surface area contributed by atoms with E-state index in [1.807, 2.05) is 0 Å². The summed E-state index contributed by atoms with van der Waals surface area (Å²) >= 11 is 6.00. The number of rotatable bonds is 1. The SMILES string of the molecule is CC1(C)C(=O)Nc2ccc(Cl)cc2N1C(=O)C1(F)CCOC1. The molecule has 1 saturated heterocycles. The van der Waals surface area contributed by atoms with E-state index in [1.54, 1.807) is 32.0 Å². The molecule has 1 fully saturated rings. The maximum absolute atomic E-state index is 14.9. The Morgan fingerprint density at radius 2 is 2.18 bits per heavy atom. The van der Waals surface area contributed by atoms with Gasteiger partial charge in [0.05, 0.1) is 24.6 Å². The Kier molecular flexibility index (Phi) is 3.41. The average molecular weight is 327 g/mol. The smallest absolute Gasteiger partial charge is 0.268 e. The van der Waals surface area contributed by atoms with E-state index in [9.17, 15) is 14.0 Å². The van der Waals surface area contributed by atoms with E-state index < -0.39 is 17.1 Å². The topological polar surface area (TPSA) is 58.6 Å². The Labute approximate surface area is 132 Å². The summed E-state index contributed by atoms with van der Waals surface area (Å²) in [6, 6.07) is 4.75. The molecule has 22 heavy (non-hydrogen) atoms. The van der Waals surface area contributed by atoms with Crippen molar-refractivity contribution in [1.82, 2.24) is 0 Å². The number of alkyl halides is 1. The number of nitrogens with zero attached hydrogens (tertiary/aromatic N) is 1. The molecule has 1 aromatic carbocycles. The molecular weight excluding hydrogens is 311 g/mol. The number of nitrogens with one attached hydrogen (secondary N) is 1. The minimum Gasteiger partial charge on any atom is -0.377 e. The molecule has 2 amide bonds. The van der Waals surface area contributed by atoms with Crippen LogP contribution in [-0.2, 0) is 14.3 Å². The molecule has 0 spiro atoms. The number of hydrogen-bond donors (Lipinski definition) is 1. The lowest BCUT2D eigenvalue weighted by atomic mass is 9.92. The van der Waals surface area contributed by atoms with Gasteiger partial charge in [-0.05, 0) is 32.0 Å². The van der Waals surface area contributed by atoms with Gasteiger partial charge >= 0.3 is 0 Å². The third-order valence-electron chi connectivity index (χ3n) is 4.12. The molecule has 5 nitrogen and oxygen atoms in total. The molecule has 2 aliphatic rings. The van der Waals surface area contributed by atoms with Crippen LogP contribution in [0.2, 0.25) is 5.02 Å². The van der Waals surface area contributed by atoms with E-state index >= 15 is 0 Å². The summed E-state index contributed by atoms with van der Waals surface area (Å²) in [7, 11) is 0. The van der Waals surface area contributed by atoms with E-state index in [4.69, 9.17) is 16.3 Å². The maximum atomic E-state index is 14.9. The Balaban J connectivity index is 2.13. The second kappa shape index (κ2) is 4.93. The second-order valence-corrected chi connectivity index (χ2v) is 6.52. The summed E-state index contributed by atoms with van der Waals surface area (Å²) in [6.45, 7) is 3.04. The monoisotopic (exact) mass is 326 g/mol. The van der Waals surface area contributed by atoms with Gasteiger partial charge in [-0.3, -0.25) is 14.5 Å². The first-order valence-corrected chi connectivity index (χ1v) is 7.36. The molecule has 118 valence electrons. The number of carbonyl (C=O) groups is 2. The van der Waals surface area contributed by atoms with Gasteiger partial charge in [-0.25, -0.2) is 4.39 Å². The van der Waals surface area contributed by atoms with Crippen LogP contribution in [0.5, 0.6) is 0 Å². The minimum atomic E-state index is -2.12. The van der Waals surface area contributed by atoms with Gasteiger partial charge in [-0.15, -0.1) is 0 Å². The molecule has 0 aliphatic carbocycles. The average Bonchev–Trinajstić information content (AvgIpc) is 2.88. The third-order valence-corrected chi connectivity index (χ3v) is 4.36. The highest BCUT2D eigenvalue weighted by Gasteiger charge is 2.52. The van der Waals surface area contributed by atoms with Gasteiger partial charge in [-0.2, -0.15) is 0 Å². The standard InChI is InChI=1S/C15H16ClFN2O3/c1-14(2)12(20)18-10-4-3-9(16)7-11(10)19(14)13(21)15(17)5-6-22-8-15/h3-4,7H,5-6,8H2,1-2H3,(H,18,20). The van der Waals surface area contributed by atoms with Gasteiger partial charge in [0.25, 0.3) is 5.91 Å². The lowest BCUT2D eigenvalue weighted by Crippen LogP contribution is -2.62. The number of hydrogen-bond acceptors (Lipinski definition) is 3. The van der Waals surface area contributed by atoms with E-state index in [1.165, 1.54) is 4.90 Å². The zero-order valence-corrected chi connectivity index (χ0v) is 13.0. The fourth-order valence-electron chi connectivity index (χ4n) is 2.75. The van der Waals surface area contributed by atoms with Crippen LogP contribution in [0.15, 0.2) is 18.2 Å². The van der Waals surface area contributed by atoms with Gasteiger partial charge in [-0.1, -0.05) is 11.6 Å². The van der Waals surface area contributed by atoms with Crippen LogP contribution in [0.1, 0.15) is 20.3 Å². The summed E-state index contributed by atoms with van der Waals surface area (Å²) in [6.07, 6.45) is -0.0179. The predicted octanol–water partition coefficient (Wildman–Crippen LogP) is 2.53. The van der Waals surface area contributed by atoms with Crippen molar-refractivity contribution in [1.29, 1.82) is 0 Å². The van der Waals surface area contributed by atoms with Crippen molar-refractivity contribution in [3.63, 3.8) is 0 Å². The number of anilines is 2. The molecule has 3 rings (SSSR count). The quantitative estimate of drug-likeness (QED) is 0.862. The van der Waals surface area contributed by atoms with Crippen LogP contribution >= 0.6 is 11.6 Å². The summed E-state index contributed by atoms with van der Waals surface area (Å²) in [5, 5.41) is 3.12. The Morgan fingerprint density at radius 3 is 2.82 bits per heavy atom. The number of halogens is 2. The van der Waals surface area contributed by atoms with Crippen molar-refractivity contribution in [3.05, 3.63) is 23.2 Å². The molecule has 0 radical (unpaired) electrons. The van der Waals surface area contributed by atoms with Gasteiger partial charge < -0.3 is 10.1 Å². The van der Waals surface area contributed by atoms with E-state index in [0.29, 0.717) is 16.4 Å².